The Kier molecular flexibility index (Phi) is 6.27. The van der Waals surface area contributed by atoms with Gasteiger partial charge in [0.2, 0.25) is 0 Å². The van der Waals surface area contributed by atoms with Gasteiger partial charge in [-0.2, -0.15) is 0 Å². The average molecular weight is 255 g/mol. The summed E-state index contributed by atoms with van der Waals surface area (Å²) in [6, 6.07) is 3.82. The average Bonchev–Trinajstić information content (AvgIpc) is 2.29. The second-order valence-electron chi connectivity index (χ2n) is 4.88. The van der Waals surface area contributed by atoms with E-state index in [1.807, 2.05) is 6.92 Å². The first-order valence-electron chi connectivity index (χ1n) is 6.77. The van der Waals surface area contributed by atoms with Gasteiger partial charge in [-0.3, -0.25) is 0 Å². The van der Waals surface area contributed by atoms with E-state index in [0.717, 1.165) is 19.3 Å². The van der Waals surface area contributed by atoms with Crippen molar-refractivity contribution in [3.8, 4) is 0 Å². The highest BCUT2D eigenvalue weighted by Gasteiger charge is 2.21. The van der Waals surface area contributed by atoms with E-state index >= 15 is 0 Å². The summed E-state index contributed by atoms with van der Waals surface area (Å²) in [5.74, 6) is -0.452. The molecule has 0 spiro atoms. The summed E-state index contributed by atoms with van der Waals surface area (Å²) in [7, 11) is 0. The highest BCUT2D eigenvalue weighted by atomic mass is 19.1. The first kappa shape index (κ1) is 15.1. The summed E-state index contributed by atoms with van der Waals surface area (Å²) in [6.45, 7) is 6.92. The highest BCUT2D eigenvalue weighted by molar-refractivity contribution is 5.23. The van der Waals surface area contributed by atoms with Crippen molar-refractivity contribution in [2.45, 2.75) is 46.1 Å². The fourth-order valence-electron chi connectivity index (χ4n) is 2.41. The highest BCUT2D eigenvalue weighted by Crippen LogP contribution is 2.27. The lowest BCUT2D eigenvalue weighted by molar-refractivity contribution is 0.375. The number of rotatable bonds is 7. The standard InChI is InChI=1S/C15H23F2N/c1-4-7-11(3)10-14(18-5-2)15-12(16)8-6-9-13(15)17/h6,8-9,11,14,18H,4-5,7,10H2,1-3H3. The molecule has 0 radical (unpaired) electrons. The normalized spacial score (nSPS) is 14.5. The molecule has 1 aromatic rings. The Morgan fingerprint density at radius 3 is 2.28 bits per heavy atom. The molecule has 0 amide bonds. The van der Waals surface area contributed by atoms with Crippen LogP contribution in [0, 0.1) is 17.6 Å². The van der Waals surface area contributed by atoms with Gasteiger partial charge in [0.1, 0.15) is 11.6 Å². The molecule has 2 atom stereocenters. The zero-order valence-corrected chi connectivity index (χ0v) is 11.5. The predicted octanol–water partition coefficient (Wildman–Crippen LogP) is 4.44. The van der Waals surface area contributed by atoms with Gasteiger partial charge in [-0.15, -0.1) is 0 Å². The third kappa shape index (κ3) is 4.05. The molecule has 0 aromatic heterocycles. The quantitative estimate of drug-likeness (QED) is 0.759. The molecule has 1 aromatic carbocycles. The van der Waals surface area contributed by atoms with Gasteiger partial charge in [0, 0.05) is 11.6 Å². The third-order valence-corrected chi connectivity index (χ3v) is 3.22. The minimum Gasteiger partial charge on any atom is -0.310 e. The van der Waals surface area contributed by atoms with Crippen molar-refractivity contribution in [3.05, 3.63) is 35.4 Å². The number of hydrogen-bond acceptors (Lipinski definition) is 1. The van der Waals surface area contributed by atoms with Gasteiger partial charge in [0.15, 0.2) is 0 Å². The van der Waals surface area contributed by atoms with E-state index in [1.165, 1.54) is 18.2 Å². The molecule has 102 valence electrons. The van der Waals surface area contributed by atoms with Crippen LogP contribution in [0.2, 0.25) is 0 Å². The van der Waals surface area contributed by atoms with Crippen LogP contribution in [0.4, 0.5) is 8.78 Å². The van der Waals surface area contributed by atoms with E-state index in [4.69, 9.17) is 0 Å². The smallest absolute Gasteiger partial charge is 0.130 e. The summed E-state index contributed by atoms with van der Waals surface area (Å²) < 4.78 is 27.6. The predicted molar refractivity (Wildman–Crippen MR) is 71.5 cm³/mol. The third-order valence-electron chi connectivity index (χ3n) is 3.22. The van der Waals surface area contributed by atoms with E-state index in [2.05, 4.69) is 19.2 Å². The summed E-state index contributed by atoms with van der Waals surface area (Å²) in [6.07, 6.45) is 2.94. The van der Waals surface area contributed by atoms with E-state index in [9.17, 15) is 8.78 Å². The fraction of sp³-hybridized carbons (Fsp3) is 0.600. The van der Waals surface area contributed by atoms with Gasteiger partial charge < -0.3 is 5.32 Å². The van der Waals surface area contributed by atoms with Gasteiger partial charge in [-0.25, -0.2) is 8.78 Å². The maximum absolute atomic E-state index is 13.8. The van der Waals surface area contributed by atoms with Crippen LogP contribution < -0.4 is 5.32 Å². The Bertz CT molecular complexity index is 345. The monoisotopic (exact) mass is 255 g/mol. The molecule has 1 nitrogen and oxygen atoms in total. The Hall–Kier alpha value is -0.960. The van der Waals surface area contributed by atoms with Crippen LogP contribution in [0.1, 0.15) is 51.6 Å². The molecular weight excluding hydrogens is 232 g/mol. The van der Waals surface area contributed by atoms with E-state index in [1.54, 1.807) is 0 Å². The Morgan fingerprint density at radius 2 is 1.78 bits per heavy atom. The molecule has 3 heteroatoms. The van der Waals surface area contributed by atoms with Gasteiger partial charge in [0.05, 0.1) is 0 Å². The van der Waals surface area contributed by atoms with E-state index in [-0.39, 0.29) is 11.6 Å². The Balaban J connectivity index is 2.90. The Morgan fingerprint density at radius 1 is 1.17 bits per heavy atom. The first-order valence-corrected chi connectivity index (χ1v) is 6.77. The molecule has 1 N–H and O–H groups in total. The zero-order chi connectivity index (χ0) is 13.5. The van der Waals surface area contributed by atoms with Gasteiger partial charge in [0.25, 0.3) is 0 Å². The molecular formula is C15H23F2N. The maximum atomic E-state index is 13.8. The summed E-state index contributed by atoms with van der Waals surface area (Å²) in [4.78, 5) is 0. The lowest BCUT2D eigenvalue weighted by Crippen LogP contribution is -2.25. The minimum atomic E-state index is -0.454. The van der Waals surface area contributed by atoms with Crippen LogP contribution in [-0.2, 0) is 0 Å². The molecule has 0 aliphatic heterocycles. The van der Waals surface area contributed by atoms with Crippen molar-refractivity contribution in [2.75, 3.05) is 6.54 Å². The lowest BCUT2D eigenvalue weighted by Gasteiger charge is -2.23. The zero-order valence-electron chi connectivity index (χ0n) is 11.5. The largest absolute Gasteiger partial charge is 0.310 e. The van der Waals surface area contributed by atoms with Crippen molar-refractivity contribution in [3.63, 3.8) is 0 Å². The van der Waals surface area contributed by atoms with E-state index < -0.39 is 11.6 Å². The summed E-state index contributed by atoms with van der Waals surface area (Å²) in [5, 5.41) is 3.19. The number of nitrogens with one attached hydrogen (secondary N) is 1. The Labute approximate surface area is 109 Å². The summed E-state index contributed by atoms with van der Waals surface area (Å²) >= 11 is 0. The van der Waals surface area contributed by atoms with Crippen molar-refractivity contribution in [1.82, 2.24) is 5.32 Å². The van der Waals surface area contributed by atoms with Gasteiger partial charge in [-0.1, -0.05) is 39.7 Å². The van der Waals surface area contributed by atoms with Gasteiger partial charge >= 0.3 is 0 Å². The summed E-state index contributed by atoms with van der Waals surface area (Å²) in [5.41, 5.74) is 0.183. The van der Waals surface area contributed by atoms with Crippen molar-refractivity contribution in [1.29, 1.82) is 0 Å². The van der Waals surface area contributed by atoms with Crippen molar-refractivity contribution < 1.29 is 8.78 Å². The molecule has 18 heavy (non-hydrogen) atoms. The van der Waals surface area contributed by atoms with Crippen molar-refractivity contribution >= 4 is 0 Å². The van der Waals surface area contributed by atoms with E-state index in [0.29, 0.717) is 12.5 Å². The van der Waals surface area contributed by atoms with Crippen molar-refractivity contribution in [2.24, 2.45) is 5.92 Å². The molecule has 0 saturated heterocycles. The molecule has 0 bridgehead atoms. The van der Waals surface area contributed by atoms with Crippen LogP contribution in [0.3, 0.4) is 0 Å². The topological polar surface area (TPSA) is 12.0 Å². The molecule has 0 aliphatic rings. The molecule has 0 saturated carbocycles. The minimum absolute atomic E-state index is 0.183. The maximum Gasteiger partial charge on any atom is 0.130 e. The second kappa shape index (κ2) is 7.47. The van der Waals surface area contributed by atoms with Crippen LogP contribution >= 0.6 is 0 Å². The lowest BCUT2D eigenvalue weighted by atomic mass is 9.92. The van der Waals surface area contributed by atoms with Crippen LogP contribution in [0.15, 0.2) is 18.2 Å². The molecule has 0 fully saturated rings. The molecule has 2 unspecified atom stereocenters. The first-order chi connectivity index (χ1) is 8.60. The fourth-order valence-corrected chi connectivity index (χ4v) is 2.41. The molecule has 1 rings (SSSR count). The number of halogens is 2. The van der Waals surface area contributed by atoms with Gasteiger partial charge in [-0.05, 0) is 31.0 Å². The van der Waals surface area contributed by atoms with Crippen LogP contribution in [0.25, 0.3) is 0 Å². The number of benzene rings is 1. The molecule has 0 aliphatic carbocycles. The molecule has 0 heterocycles. The van der Waals surface area contributed by atoms with Crippen LogP contribution in [-0.4, -0.2) is 6.54 Å². The SMILES string of the molecule is CCCC(C)CC(NCC)c1c(F)cccc1F. The number of hydrogen-bond donors (Lipinski definition) is 1. The van der Waals surface area contributed by atoms with Crippen LogP contribution in [0.5, 0.6) is 0 Å². The second-order valence-corrected chi connectivity index (χ2v) is 4.88.